The van der Waals surface area contributed by atoms with E-state index in [4.69, 9.17) is 9.84 Å². The molecule has 1 aliphatic heterocycles. The number of hydrogen-bond acceptors (Lipinski definition) is 3. The Balaban J connectivity index is 2.12. The molecule has 0 saturated carbocycles. The van der Waals surface area contributed by atoms with Crippen molar-refractivity contribution in [3.63, 3.8) is 0 Å². The van der Waals surface area contributed by atoms with Gasteiger partial charge in [-0.2, -0.15) is 0 Å². The zero-order valence-electron chi connectivity index (χ0n) is 10.9. The molecule has 1 heterocycles. The Bertz CT molecular complexity index is 498. The molecule has 2 rings (SSSR count). The topological polar surface area (TPSA) is 66.8 Å². The van der Waals surface area contributed by atoms with E-state index in [-0.39, 0.29) is 18.9 Å². The molecule has 1 aliphatic rings. The lowest BCUT2D eigenvalue weighted by Gasteiger charge is -2.14. The molecule has 1 aromatic rings. The first-order valence-corrected chi connectivity index (χ1v) is 6.31. The van der Waals surface area contributed by atoms with Crippen LogP contribution in [0.4, 0.5) is 0 Å². The second kappa shape index (κ2) is 5.73. The molecule has 0 saturated heterocycles. The highest BCUT2D eigenvalue weighted by atomic mass is 16.5. The van der Waals surface area contributed by atoms with E-state index in [1.165, 1.54) is 0 Å². The Morgan fingerprint density at radius 3 is 3.00 bits per heavy atom. The van der Waals surface area contributed by atoms with Crippen LogP contribution in [0.2, 0.25) is 0 Å². The lowest BCUT2D eigenvalue weighted by atomic mass is 10.0. The van der Waals surface area contributed by atoms with Gasteiger partial charge in [-0.05, 0) is 36.6 Å². The largest absolute Gasteiger partial charge is 0.493 e. The number of ether oxygens (including phenoxy) is 1. The van der Waals surface area contributed by atoms with Gasteiger partial charge in [0.2, 0.25) is 0 Å². The van der Waals surface area contributed by atoms with E-state index in [9.17, 15) is 9.59 Å². The number of aliphatic carboxylic acids is 1. The predicted molar refractivity (Wildman–Crippen MR) is 69.5 cm³/mol. The van der Waals surface area contributed by atoms with Crippen LogP contribution in [0, 0.1) is 0 Å². The van der Waals surface area contributed by atoms with Crippen molar-refractivity contribution in [1.29, 1.82) is 0 Å². The minimum absolute atomic E-state index is 0.0290. The van der Waals surface area contributed by atoms with Crippen LogP contribution in [0.5, 0.6) is 5.75 Å². The van der Waals surface area contributed by atoms with Gasteiger partial charge in [0.1, 0.15) is 5.75 Å². The van der Waals surface area contributed by atoms with Crippen molar-refractivity contribution < 1.29 is 19.4 Å². The molecule has 0 aromatic heterocycles. The number of rotatable bonds is 4. The van der Waals surface area contributed by atoms with Crippen molar-refractivity contribution in [2.45, 2.75) is 19.3 Å². The van der Waals surface area contributed by atoms with Crippen LogP contribution >= 0.6 is 0 Å². The van der Waals surface area contributed by atoms with Gasteiger partial charge < -0.3 is 14.7 Å². The molecular formula is C14H17NO4. The summed E-state index contributed by atoms with van der Waals surface area (Å²) in [6, 6.07) is 5.32. The Labute approximate surface area is 111 Å². The Kier molecular flexibility index (Phi) is 4.04. The molecule has 0 radical (unpaired) electrons. The molecule has 0 bridgehead atoms. The Morgan fingerprint density at radius 1 is 1.47 bits per heavy atom. The van der Waals surface area contributed by atoms with E-state index in [0.29, 0.717) is 11.3 Å². The second-order valence-electron chi connectivity index (χ2n) is 4.64. The van der Waals surface area contributed by atoms with Gasteiger partial charge in [0.05, 0.1) is 13.0 Å². The fourth-order valence-electron chi connectivity index (χ4n) is 2.15. The molecule has 19 heavy (non-hydrogen) atoms. The van der Waals surface area contributed by atoms with Crippen LogP contribution in [0.1, 0.15) is 28.8 Å². The molecule has 102 valence electrons. The normalized spacial score (nSPS) is 14.8. The van der Waals surface area contributed by atoms with Gasteiger partial charge in [-0.25, -0.2) is 0 Å². The molecule has 0 unspecified atom stereocenters. The number of aryl methyl sites for hydroxylation is 1. The summed E-state index contributed by atoms with van der Waals surface area (Å²) in [5.74, 6) is -0.228. The summed E-state index contributed by atoms with van der Waals surface area (Å²) in [5.41, 5.74) is 1.69. The zero-order chi connectivity index (χ0) is 13.8. The summed E-state index contributed by atoms with van der Waals surface area (Å²) in [6.07, 6.45) is 1.73. The zero-order valence-corrected chi connectivity index (χ0v) is 10.9. The maximum absolute atomic E-state index is 12.1. The average molecular weight is 263 g/mol. The number of nitrogens with zero attached hydrogens (tertiary/aromatic N) is 1. The minimum Gasteiger partial charge on any atom is -0.493 e. The van der Waals surface area contributed by atoms with E-state index in [2.05, 4.69) is 0 Å². The summed E-state index contributed by atoms with van der Waals surface area (Å²) in [7, 11) is 1.80. The van der Waals surface area contributed by atoms with Crippen molar-refractivity contribution in [2.24, 2.45) is 0 Å². The number of carboxylic acid groups (broad SMARTS) is 1. The number of carbonyl (C=O) groups excluding carboxylic acids is 1. The second-order valence-corrected chi connectivity index (χ2v) is 4.64. The van der Waals surface area contributed by atoms with Gasteiger partial charge in [-0.1, -0.05) is 0 Å². The molecule has 5 nitrogen and oxygen atoms in total. The number of carbonyl (C=O) groups is 2. The maximum Gasteiger partial charge on any atom is 0.306 e. The maximum atomic E-state index is 12.1. The summed E-state index contributed by atoms with van der Waals surface area (Å²) < 4.78 is 5.38. The summed E-state index contributed by atoms with van der Waals surface area (Å²) in [5, 5.41) is 8.55. The average Bonchev–Trinajstić information content (AvgIpc) is 2.50. The summed E-state index contributed by atoms with van der Waals surface area (Å²) in [6.45, 7) is 0.894. The quantitative estimate of drug-likeness (QED) is 0.895. The fraction of sp³-hybridized carbons (Fsp3) is 0.429. The molecule has 0 aliphatic carbocycles. The van der Waals surface area contributed by atoms with Crippen LogP contribution in [-0.4, -0.2) is 42.1 Å². The third kappa shape index (κ3) is 3.24. The van der Waals surface area contributed by atoms with Crippen molar-refractivity contribution >= 4 is 11.9 Å². The molecule has 1 aromatic carbocycles. The van der Waals surface area contributed by atoms with Gasteiger partial charge in [-0.3, -0.25) is 9.59 Å². The van der Waals surface area contributed by atoms with E-state index in [0.717, 1.165) is 24.9 Å². The number of benzene rings is 1. The number of hydrogen-bond donors (Lipinski definition) is 1. The van der Waals surface area contributed by atoms with E-state index in [1.807, 2.05) is 6.07 Å². The highest BCUT2D eigenvalue weighted by Crippen LogP contribution is 2.23. The van der Waals surface area contributed by atoms with Gasteiger partial charge in [0.15, 0.2) is 0 Å². The predicted octanol–water partition coefficient (Wildman–Crippen LogP) is 1.56. The van der Waals surface area contributed by atoms with Crippen molar-refractivity contribution in [3.05, 3.63) is 29.3 Å². The number of fused-ring (bicyclic) bond motifs is 1. The first kappa shape index (κ1) is 13.4. The molecule has 1 amide bonds. The highest BCUT2D eigenvalue weighted by Gasteiger charge is 2.19. The SMILES string of the molecule is CN1CCCc2cc(OCCC(=O)O)ccc2C1=O. The number of carboxylic acids is 1. The fourth-order valence-corrected chi connectivity index (χ4v) is 2.15. The van der Waals surface area contributed by atoms with Crippen molar-refractivity contribution in [1.82, 2.24) is 4.90 Å². The smallest absolute Gasteiger partial charge is 0.306 e. The molecule has 1 N–H and O–H groups in total. The van der Waals surface area contributed by atoms with Crippen molar-refractivity contribution in [2.75, 3.05) is 20.2 Å². The first-order chi connectivity index (χ1) is 9.08. The Hall–Kier alpha value is -2.04. The molecule has 0 spiro atoms. The van der Waals surface area contributed by atoms with Crippen molar-refractivity contribution in [3.8, 4) is 5.75 Å². The lowest BCUT2D eigenvalue weighted by molar-refractivity contribution is -0.137. The van der Waals surface area contributed by atoms with E-state index in [1.54, 1.807) is 24.1 Å². The standard InChI is InChI=1S/C14H17NO4/c1-15-7-2-3-10-9-11(19-8-6-13(16)17)4-5-12(10)14(15)18/h4-5,9H,2-3,6-8H2,1H3,(H,16,17). The van der Waals surface area contributed by atoms with Crippen LogP contribution < -0.4 is 4.74 Å². The lowest BCUT2D eigenvalue weighted by Crippen LogP contribution is -2.26. The van der Waals surface area contributed by atoms with Gasteiger partial charge >= 0.3 is 5.97 Å². The first-order valence-electron chi connectivity index (χ1n) is 6.31. The molecule has 0 atom stereocenters. The van der Waals surface area contributed by atoms with Gasteiger partial charge in [0, 0.05) is 19.2 Å². The highest BCUT2D eigenvalue weighted by molar-refractivity contribution is 5.96. The monoisotopic (exact) mass is 263 g/mol. The van der Waals surface area contributed by atoms with Crippen LogP contribution in [0.25, 0.3) is 0 Å². The molecular weight excluding hydrogens is 246 g/mol. The number of amides is 1. The third-order valence-electron chi connectivity index (χ3n) is 3.18. The molecule has 0 fully saturated rings. The van der Waals surface area contributed by atoms with E-state index >= 15 is 0 Å². The minimum atomic E-state index is -0.883. The van der Waals surface area contributed by atoms with Gasteiger partial charge in [-0.15, -0.1) is 0 Å². The van der Waals surface area contributed by atoms with Crippen LogP contribution in [0.15, 0.2) is 18.2 Å². The third-order valence-corrected chi connectivity index (χ3v) is 3.18. The van der Waals surface area contributed by atoms with Crippen LogP contribution in [0.3, 0.4) is 0 Å². The van der Waals surface area contributed by atoms with E-state index < -0.39 is 5.97 Å². The molecule has 5 heteroatoms. The Morgan fingerprint density at radius 2 is 2.26 bits per heavy atom. The summed E-state index contributed by atoms with van der Waals surface area (Å²) in [4.78, 5) is 24.2. The summed E-state index contributed by atoms with van der Waals surface area (Å²) >= 11 is 0. The van der Waals surface area contributed by atoms with Crippen LogP contribution in [-0.2, 0) is 11.2 Å². The van der Waals surface area contributed by atoms with Gasteiger partial charge in [0.25, 0.3) is 5.91 Å².